The van der Waals surface area contributed by atoms with Crippen molar-refractivity contribution in [1.82, 2.24) is 0 Å². The van der Waals surface area contributed by atoms with Crippen LogP contribution in [0.1, 0.15) is 13.3 Å². The largest absolute Gasteiger partial charge is 0.438 e. The minimum Gasteiger partial charge on any atom is -0.438 e. The molecular formula is C14H18BrNOS4. The Balaban J connectivity index is 2.22. The maximum atomic E-state index is 6.06. The fourth-order valence-electron chi connectivity index (χ4n) is 1.93. The predicted octanol–water partition coefficient (Wildman–Crippen LogP) is 5.87. The zero-order valence-electron chi connectivity index (χ0n) is 11.8. The topological polar surface area (TPSA) is 16.4 Å². The highest BCUT2D eigenvalue weighted by atomic mass is 79.9. The number of rotatable bonds is 8. The number of anilines is 1. The van der Waals surface area contributed by atoms with Crippen LogP contribution in [-0.2, 0) is 0 Å². The molecule has 0 radical (unpaired) electrons. The smallest absolute Gasteiger partial charge is 0.197 e. The molecule has 0 saturated heterocycles. The van der Waals surface area contributed by atoms with Crippen molar-refractivity contribution in [1.29, 1.82) is 0 Å². The van der Waals surface area contributed by atoms with Crippen molar-refractivity contribution in [3.63, 3.8) is 0 Å². The molecule has 2 aromatic rings. The highest BCUT2D eigenvalue weighted by Gasteiger charge is 2.13. The monoisotopic (exact) mass is 423 g/mol. The molecule has 0 spiro atoms. The Bertz CT molecular complexity index is 639. The quantitative estimate of drug-likeness (QED) is 0.324. The molecule has 0 aliphatic rings. The molecule has 2 heterocycles. The summed E-state index contributed by atoms with van der Waals surface area (Å²) in [5.41, 5.74) is 0.855. The van der Waals surface area contributed by atoms with Gasteiger partial charge in [0.05, 0.1) is 13.7 Å². The lowest BCUT2D eigenvalue weighted by atomic mass is 10.4. The molecule has 0 aliphatic carbocycles. The molecule has 0 saturated carbocycles. The second-order valence-electron chi connectivity index (χ2n) is 4.51. The molecule has 0 aliphatic heterocycles. The van der Waals surface area contributed by atoms with E-state index in [0.29, 0.717) is 0 Å². The van der Waals surface area contributed by atoms with Crippen LogP contribution in [0.15, 0.2) is 20.3 Å². The number of halogens is 1. The van der Waals surface area contributed by atoms with E-state index < -0.39 is 0 Å². The van der Waals surface area contributed by atoms with E-state index >= 15 is 0 Å². The van der Waals surface area contributed by atoms with E-state index in [4.69, 9.17) is 16.6 Å². The van der Waals surface area contributed by atoms with Crippen LogP contribution in [0.3, 0.4) is 0 Å². The third-order valence-corrected chi connectivity index (χ3v) is 6.63. The van der Waals surface area contributed by atoms with Gasteiger partial charge in [0.25, 0.3) is 0 Å². The summed E-state index contributed by atoms with van der Waals surface area (Å²) in [7, 11) is 0. The summed E-state index contributed by atoms with van der Waals surface area (Å²) < 4.78 is 8.93. The number of hydrogen-bond acceptors (Lipinski definition) is 6. The van der Waals surface area contributed by atoms with Crippen molar-refractivity contribution >= 4 is 80.0 Å². The van der Waals surface area contributed by atoms with Crippen LogP contribution in [0.5, 0.6) is 0 Å². The van der Waals surface area contributed by atoms with Crippen molar-refractivity contribution < 1.29 is 4.42 Å². The van der Waals surface area contributed by atoms with Gasteiger partial charge in [-0.05, 0) is 28.1 Å². The van der Waals surface area contributed by atoms with Gasteiger partial charge in [0.2, 0.25) is 0 Å². The average molecular weight is 424 g/mol. The Morgan fingerprint density at radius 1 is 1.43 bits per heavy atom. The van der Waals surface area contributed by atoms with E-state index in [1.54, 1.807) is 11.3 Å². The first kappa shape index (κ1) is 17.7. The Morgan fingerprint density at radius 2 is 2.24 bits per heavy atom. The SMILES string of the molecule is CCCSCCN(CCS)c1cc(=S)c2scc(Br)c2o1. The Kier molecular flexibility index (Phi) is 7.41. The summed E-state index contributed by atoms with van der Waals surface area (Å²) in [6.07, 6.45) is 1.21. The third-order valence-electron chi connectivity index (χ3n) is 2.92. The van der Waals surface area contributed by atoms with Gasteiger partial charge in [-0.25, -0.2) is 0 Å². The van der Waals surface area contributed by atoms with E-state index in [-0.39, 0.29) is 0 Å². The number of thioether (sulfide) groups is 1. The normalized spacial score (nSPS) is 11.2. The Hall–Kier alpha value is 0.310. The van der Waals surface area contributed by atoms with Crippen LogP contribution in [0.2, 0.25) is 0 Å². The maximum Gasteiger partial charge on any atom is 0.197 e. The molecule has 0 N–H and O–H groups in total. The van der Waals surface area contributed by atoms with Crippen LogP contribution >= 0.6 is 63.9 Å². The maximum absolute atomic E-state index is 6.06. The van der Waals surface area contributed by atoms with Gasteiger partial charge < -0.3 is 9.32 Å². The molecule has 0 aromatic carbocycles. The van der Waals surface area contributed by atoms with Crippen molar-refractivity contribution in [2.75, 3.05) is 35.2 Å². The van der Waals surface area contributed by atoms with E-state index in [0.717, 1.165) is 49.7 Å². The molecular weight excluding hydrogens is 406 g/mol. The van der Waals surface area contributed by atoms with E-state index in [1.807, 2.05) is 23.2 Å². The molecule has 0 unspecified atom stereocenters. The molecule has 7 heteroatoms. The lowest BCUT2D eigenvalue weighted by molar-refractivity contribution is 0.580. The highest BCUT2D eigenvalue weighted by Crippen LogP contribution is 2.34. The molecule has 2 aromatic heterocycles. The van der Waals surface area contributed by atoms with Gasteiger partial charge in [-0.15, -0.1) is 11.3 Å². The van der Waals surface area contributed by atoms with Gasteiger partial charge in [0, 0.05) is 36.0 Å². The number of thiol groups is 1. The summed E-state index contributed by atoms with van der Waals surface area (Å²) in [4.78, 5) is 2.23. The Morgan fingerprint density at radius 3 is 2.95 bits per heavy atom. The lowest BCUT2D eigenvalue weighted by Gasteiger charge is -2.22. The molecule has 0 bridgehead atoms. The van der Waals surface area contributed by atoms with Crippen molar-refractivity contribution in [2.24, 2.45) is 0 Å². The van der Waals surface area contributed by atoms with Crippen molar-refractivity contribution in [3.8, 4) is 0 Å². The standard InChI is InChI=1S/C14H18BrNOS4/c1-2-6-20-7-4-16(3-5-18)12-8-11(19)14-13(17-12)10(15)9-21-14/h8-9,18H,2-7H2,1H3. The van der Waals surface area contributed by atoms with Gasteiger partial charge in [-0.1, -0.05) is 19.1 Å². The van der Waals surface area contributed by atoms with E-state index in [1.165, 1.54) is 12.2 Å². The van der Waals surface area contributed by atoms with Gasteiger partial charge in [0.1, 0.15) is 0 Å². The summed E-state index contributed by atoms with van der Waals surface area (Å²) in [6, 6.07) is 1.97. The van der Waals surface area contributed by atoms with Crippen molar-refractivity contribution in [2.45, 2.75) is 13.3 Å². The van der Waals surface area contributed by atoms with Crippen LogP contribution in [-0.4, -0.2) is 30.3 Å². The van der Waals surface area contributed by atoms with E-state index in [9.17, 15) is 0 Å². The lowest BCUT2D eigenvalue weighted by Crippen LogP contribution is -2.28. The van der Waals surface area contributed by atoms with Crippen LogP contribution < -0.4 is 4.90 Å². The molecule has 2 rings (SSSR count). The van der Waals surface area contributed by atoms with Gasteiger partial charge in [-0.2, -0.15) is 24.4 Å². The van der Waals surface area contributed by atoms with E-state index in [2.05, 4.69) is 40.4 Å². The fourth-order valence-corrected chi connectivity index (χ4v) is 4.81. The summed E-state index contributed by atoms with van der Waals surface area (Å²) >= 11 is 17.0. The molecule has 0 amide bonds. The summed E-state index contributed by atoms with van der Waals surface area (Å²) in [5, 5.41) is 2.02. The predicted molar refractivity (Wildman–Crippen MR) is 106 cm³/mol. The molecule has 0 atom stereocenters. The van der Waals surface area contributed by atoms with Crippen LogP contribution in [0.4, 0.5) is 5.88 Å². The second-order valence-corrected chi connectivity index (χ2v) is 8.36. The average Bonchev–Trinajstić information content (AvgIpc) is 2.84. The molecule has 2 nitrogen and oxygen atoms in total. The highest BCUT2D eigenvalue weighted by molar-refractivity contribution is 9.10. The first-order chi connectivity index (χ1) is 10.2. The first-order valence-electron chi connectivity index (χ1n) is 6.81. The Labute approximate surface area is 152 Å². The minimum absolute atomic E-state index is 0.795. The van der Waals surface area contributed by atoms with Gasteiger partial charge in [0.15, 0.2) is 11.5 Å². The van der Waals surface area contributed by atoms with Crippen LogP contribution in [0.25, 0.3) is 10.3 Å². The second kappa shape index (κ2) is 8.82. The minimum atomic E-state index is 0.795. The fraction of sp³-hybridized carbons (Fsp3) is 0.500. The van der Waals surface area contributed by atoms with Crippen molar-refractivity contribution in [3.05, 3.63) is 20.4 Å². The van der Waals surface area contributed by atoms with Gasteiger partial charge >= 0.3 is 0 Å². The summed E-state index contributed by atoms with van der Waals surface area (Å²) in [6.45, 7) is 4.03. The molecule has 0 fully saturated rings. The number of hydrogen-bond donors (Lipinski definition) is 1. The van der Waals surface area contributed by atoms with Crippen LogP contribution in [0, 0.1) is 4.51 Å². The zero-order valence-corrected chi connectivity index (χ0v) is 16.7. The summed E-state index contributed by atoms with van der Waals surface area (Å²) in [5.74, 6) is 3.93. The zero-order chi connectivity index (χ0) is 15.2. The van der Waals surface area contributed by atoms with Gasteiger partial charge in [-0.3, -0.25) is 0 Å². The molecule has 116 valence electrons. The number of fused-ring (bicyclic) bond motifs is 1. The number of thiophene rings is 1. The number of nitrogens with zero attached hydrogens (tertiary/aromatic N) is 1. The molecule has 21 heavy (non-hydrogen) atoms. The third kappa shape index (κ3) is 4.64. The first-order valence-corrected chi connectivity index (χ1v) is 10.7.